The number of nitrogens with zero attached hydrogens (tertiary/aromatic N) is 8. The van der Waals surface area contributed by atoms with Crippen LogP contribution in [0.15, 0.2) is 24.7 Å². The highest BCUT2D eigenvalue weighted by molar-refractivity contribution is 5.75. The monoisotopic (exact) mass is 362 g/mol. The van der Waals surface area contributed by atoms with Crippen LogP contribution in [0.25, 0.3) is 0 Å². The summed E-state index contributed by atoms with van der Waals surface area (Å²) in [5.41, 5.74) is 0. The summed E-state index contributed by atoms with van der Waals surface area (Å²) in [6.45, 7) is 0.787. The molecule has 9 nitrogen and oxygen atoms in total. The molecule has 0 bridgehead atoms. The van der Waals surface area contributed by atoms with Crippen molar-refractivity contribution < 1.29 is 9.18 Å². The fraction of sp³-hybridized carbons (Fsp3) is 0.562. The Morgan fingerprint density at radius 2 is 2.15 bits per heavy atom. The van der Waals surface area contributed by atoms with Crippen molar-refractivity contribution in [2.45, 2.75) is 25.2 Å². The van der Waals surface area contributed by atoms with Crippen LogP contribution in [0.4, 0.5) is 16.2 Å². The van der Waals surface area contributed by atoms with Crippen LogP contribution in [0.5, 0.6) is 0 Å². The molecular formula is C16H23FN8O. The summed E-state index contributed by atoms with van der Waals surface area (Å²) in [6, 6.07) is 1.63. The maximum atomic E-state index is 14.1. The standard InChI is InChI=1S/C16H23FN8O/c1-22(2)16-18-5-4-14(20-16)25-9-12(17)8-13(25)10-23(3)15(26)11-24-7-6-19-21-24/h4-7,12-13H,8-11H2,1-3H3/t12-,13-/m0/s1. The summed E-state index contributed by atoms with van der Waals surface area (Å²) < 4.78 is 15.6. The summed E-state index contributed by atoms with van der Waals surface area (Å²) in [4.78, 5) is 26.4. The molecule has 0 N–H and O–H groups in total. The molecular weight excluding hydrogens is 339 g/mol. The first-order valence-electron chi connectivity index (χ1n) is 8.43. The second-order valence-electron chi connectivity index (χ2n) is 6.62. The SMILES string of the molecule is CN(C[C@@H]1C[C@H](F)CN1c1ccnc(N(C)C)n1)C(=O)Cn1ccnn1. The van der Waals surface area contributed by atoms with Gasteiger partial charge in [-0.1, -0.05) is 5.21 Å². The summed E-state index contributed by atoms with van der Waals surface area (Å²) in [5, 5.41) is 7.49. The van der Waals surface area contributed by atoms with Crippen LogP contribution >= 0.6 is 0 Å². The Balaban J connectivity index is 1.69. The van der Waals surface area contributed by atoms with Gasteiger partial charge in [0, 0.05) is 46.5 Å². The van der Waals surface area contributed by atoms with Gasteiger partial charge in [0.25, 0.3) is 0 Å². The molecule has 0 unspecified atom stereocenters. The van der Waals surface area contributed by atoms with E-state index in [-0.39, 0.29) is 25.0 Å². The second-order valence-corrected chi connectivity index (χ2v) is 6.62. The lowest BCUT2D eigenvalue weighted by Gasteiger charge is -2.29. The molecule has 0 saturated carbocycles. The normalized spacial score (nSPS) is 19.6. The number of halogens is 1. The first-order valence-corrected chi connectivity index (χ1v) is 8.43. The predicted molar refractivity (Wildman–Crippen MR) is 94.7 cm³/mol. The molecule has 3 heterocycles. The molecule has 1 saturated heterocycles. The molecule has 0 spiro atoms. The van der Waals surface area contributed by atoms with Crippen molar-refractivity contribution >= 4 is 17.7 Å². The molecule has 2 aromatic rings. The van der Waals surface area contributed by atoms with Crippen LogP contribution in [0, 0.1) is 0 Å². The molecule has 140 valence electrons. The topological polar surface area (TPSA) is 83.3 Å². The molecule has 1 amide bonds. The molecule has 0 radical (unpaired) electrons. The van der Waals surface area contributed by atoms with E-state index in [0.717, 1.165) is 0 Å². The average Bonchev–Trinajstić information content (AvgIpc) is 3.24. The van der Waals surface area contributed by atoms with Gasteiger partial charge in [-0.05, 0) is 6.07 Å². The lowest BCUT2D eigenvalue weighted by atomic mass is 10.2. The molecule has 3 rings (SSSR count). The molecule has 0 aromatic carbocycles. The zero-order valence-corrected chi connectivity index (χ0v) is 15.2. The van der Waals surface area contributed by atoms with E-state index in [1.54, 1.807) is 35.3 Å². The van der Waals surface area contributed by atoms with E-state index < -0.39 is 6.17 Å². The minimum Gasteiger partial charge on any atom is -0.349 e. The van der Waals surface area contributed by atoms with E-state index in [9.17, 15) is 9.18 Å². The van der Waals surface area contributed by atoms with E-state index in [4.69, 9.17) is 0 Å². The van der Waals surface area contributed by atoms with Gasteiger partial charge < -0.3 is 14.7 Å². The third-order valence-electron chi connectivity index (χ3n) is 4.37. The molecule has 2 aromatic heterocycles. The number of carbonyl (C=O) groups is 1. The van der Waals surface area contributed by atoms with E-state index >= 15 is 0 Å². The van der Waals surface area contributed by atoms with Crippen LogP contribution in [-0.2, 0) is 11.3 Å². The number of aromatic nitrogens is 5. The van der Waals surface area contributed by atoms with Crippen molar-refractivity contribution in [3.63, 3.8) is 0 Å². The number of likely N-dealkylation sites (N-methyl/N-ethyl adjacent to an activating group) is 1. The lowest BCUT2D eigenvalue weighted by molar-refractivity contribution is -0.131. The van der Waals surface area contributed by atoms with Gasteiger partial charge in [0.1, 0.15) is 18.5 Å². The number of hydrogen-bond donors (Lipinski definition) is 0. The third-order valence-corrected chi connectivity index (χ3v) is 4.37. The highest BCUT2D eigenvalue weighted by Crippen LogP contribution is 2.27. The summed E-state index contributed by atoms with van der Waals surface area (Å²) >= 11 is 0. The van der Waals surface area contributed by atoms with Crippen molar-refractivity contribution in [2.75, 3.05) is 44.0 Å². The van der Waals surface area contributed by atoms with Crippen LogP contribution in [0.2, 0.25) is 0 Å². The van der Waals surface area contributed by atoms with Crippen LogP contribution < -0.4 is 9.80 Å². The molecule has 1 aliphatic rings. The quantitative estimate of drug-likeness (QED) is 0.726. The second kappa shape index (κ2) is 7.63. The zero-order chi connectivity index (χ0) is 18.7. The number of carbonyl (C=O) groups excluding carboxylic acids is 1. The summed E-state index contributed by atoms with van der Waals surface area (Å²) in [5.74, 6) is 1.14. The maximum absolute atomic E-state index is 14.1. The van der Waals surface area contributed by atoms with Crippen molar-refractivity contribution in [3.8, 4) is 0 Å². The Bertz CT molecular complexity index is 738. The van der Waals surface area contributed by atoms with Gasteiger partial charge in [-0.3, -0.25) is 4.79 Å². The van der Waals surface area contributed by atoms with Crippen molar-refractivity contribution in [1.82, 2.24) is 29.9 Å². The van der Waals surface area contributed by atoms with Gasteiger partial charge in [0.05, 0.1) is 18.8 Å². The van der Waals surface area contributed by atoms with Crippen LogP contribution in [-0.4, -0.2) is 82.2 Å². The number of amides is 1. The number of anilines is 2. The molecule has 2 atom stereocenters. The zero-order valence-electron chi connectivity index (χ0n) is 15.2. The Hall–Kier alpha value is -2.78. The molecule has 26 heavy (non-hydrogen) atoms. The number of hydrogen-bond acceptors (Lipinski definition) is 7. The Morgan fingerprint density at radius 1 is 1.35 bits per heavy atom. The van der Waals surface area contributed by atoms with Gasteiger partial charge >= 0.3 is 0 Å². The van der Waals surface area contributed by atoms with E-state index in [1.165, 1.54) is 10.9 Å². The minimum atomic E-state index is -0.948. The Kier molecular flexibility index (Phi) is 5.29. The van der Waals surface area contributed by atoms with Gasteiger partial charge in [0.15, 0.2) is 0 Å². The Morgan fingerprint density at radius 3 is 2.85 bits per heavy atom. The van der Waals surface area contributed by atoms with Gasteiger partial charge in [0.2, 0.25) is 11.9 Å². The smallest absolute Gasteiger partial charge is 0.244 e. The van der Waals surface area contributed by atoms with E-state index in [0.29, 0.717) is 24.7 Å². The van der Waals surface area contributed by atoms with Crippen molar-refractivity contribution in [1.29, 1.82) is 0 Å². The first-order chi connectivity index (χ1) is 12.4. The minimum absolute atomic E-state index is 0.102. The number of rotatable bonds is 6. The highest BCUT2D eigenvalue weighted by atomic mass is 19.1. The fourth-order valence-corrected chi connectivity index (χ4v) is 3.02. The molecule has 1 aliphatic heterocycles. The van der Waals surface area contributed by atoms with E-state index in [2.05, 4.69) is 20.3 Å². The molecule has 0 aliphatic carbocycles. The summed E-state index contributed by atoms with van der Waals surface area (Å²) in [6.07, 6.45) is 4.24. The third kappa shape index (κ3) is 4.06. The molecule has 1 fully saturated rings. The van der Waals surface area contributed by atoms with Gasteiger partial charge in [-0.25, -0.2) is 14.1 Å². The van der Waals surface area contributed by atoms with Gasteiger partial charge in [-0.2, -0.15) is 4.98 Å². The fourth-order valence-electron chi connectivity index (χ4n) is 3.02. The largest absolute Gasteiger partial charge is 0.349 e. The van der Waals surface area contributed by atoms with Crippen LogP contribution in [0.3, 0.4) is 0 Å². The van der Waals surface area contributed by atoms with E-state index in [1.807, 2.05) is 19.0 Å². The van der Waals surface area contributed by atoms with Gasteiger partial charge in [-0.15, -0.1) is 5.10 Å². The Labute approximate surface area is 151 Å². The summed E-state index contributed by atoms with van der Waals surface area (Å²) in [7, 11) is 5.43. The lowest BCUT2D eigenvalue weighted by Crippen LogP contribution is -2.42. The van der Waals surface area contributed by atoms with Crippen LogP contribution in [0.1, 0.15) is 6.42 Å². The average molecular weight is 362 g/mol. The molecule has 10 heteroatoms. The maximum Gasteiger partial charge on any atom is 0.244 e. The highest BCUT2D eigenvalue weighted by Gasteiger charge is 2.34. The predicted octanol–water partition coefficient (Wildman–Crippen LogP) is 0.210. The van der Waals surface area contributed by atoms with Crippen molar-refractivity contribution in [2.24, 2.45) is 0 Å². The first kappa shape index (κ1) is 18.0. The number of alkyl halides is 1. The van der Waals surface area contributed by atoms with Crippen molar-refractivity contribution in [3.05, 3.63) is 24.7 Å².